The van der Waals surface area contributed by atoms with E-state index in [4.69, 9.17) is 14.2 Å². The predicted molar refractivity (Wildman–Crippen MR) is 138 cm³/mol. The van der Waals surface area contributed by atoms with Crippen LogP contribution in [-0.2, 0) is 6.54 Å². The number of ether oxygens (including phenoxy) is 3. The average Bonchev–Trinajstić information content (AvgIpc) is 2.78. The molecule has 5 nitrogen and oxygen atoms in total. The van der Waals surface area contributed by atoms with Gasteiger partial charge in [0, 0.05) is 18.0 Å². The number of pyridine rings is 1. The van der Waals surface area contributed by atoms with E-state index in [9.17, 15) is 4.79 Å². The number of methoxy groups -OCH3 is 1. The molecule has 0 amide bonds. The quantitative estimate of drug-likeness (QED) is 0.226. The molecule has 1 aromatic carbocycles. The number of rotatable bonds is 14. The molecule has 0 aliphatic rings. The number of aromatic nitrogens is 1. The lowest BCUT2D eigenvalue weighted by molar-refractivity contribution is 0.309. The zero-order valence-electron chi connectivity index (χ0n) is 21.3. The minimum Gasteiger partial charge on any atom is -0.494 e. The molecule has 1 heterocycles. The van der Waals surface area contributed by atoms with Crippen molar-refractivity contribution in [3.05, 3.63) is 51.9 Å². The number of allylic oxidation sites excluding steroid dienone is 3. The van der Waals surface area contributed by atoms with Crippen molar-refractivity contribution in [2.45, 2.75) is 79.7 Å². The average molecular weight is 456 g/mol. The number of hydrogen-bond donors (Lipinski definition) is 0. The van der Waals surface area contributed by atoms with Gasteiger partial charge in [-0.15, -0.1) is 0 Å². The molecule has 0 unspecified atom stereocenters. The Bertz CT molecular complexity index is 1010. The molecule has 33 heavy (non-hydrogen) atoms. The van der Waals surface area contributed by atoms with Crippen molar-refractivity contribution in [2.75, 3.05) is 20.3 Å². The number of benzene rings is 1. The van der Waals surface area contributed by atoms with Crippen LogP contribution in [0.1, 0.15) is 73.1 Å². The van der Waals surface area contributed by atoms with E-state index in [1.165, 1.54) is 18.3 Å². The van der Waals surface area contributed by atoms with E-state index >= 15 is 0 Å². The van der Waals surface area contributed by atoms with E-state index in [1.807, 2.05) is 18.2 Å². The summed E-state index contributed by atoms with van der Waals surface area (Å²) in [4.78, 5) is 13.3. The first kappa shape index (κ1) is 26.6. The topological polar surface area (TPSA) is 49.7 Å². The zero-order chi connectivity index (χ0) is 24.2. The summed E-state index contributed by atoms with van der Waals surface area (Å²) in [6, 6.07) is 5.87. The van der Waals surface area contributed by atoms with Crippen molar-refractivity contribution < 1.29 is 14.2 Å². The van der Waals surface area contributed by atoms with Gasteiger partial charge in [-0.1, -0.05) is 43.9 Å². The largest absolute Gasteiger partial charge is 0.494 e. The van der Waals surface area contributed by atoms with Gasteiger partial charge in [0.1, 0.15) is 12.4 Å². The highest BCUT2D eigenvalue weighted by Crippen LogP contribution is 2.35. The lowest BCUT2D eigenvalue weighted by Crippen LogP contribution is -2.23. The van der Waals surface area contributed by atoms with E-state index in [-0.39, 0.29) is 11.3 Å². The highest BCUT2D eigenvalue weighted by Gasteiger charge is 2.19. The molecule has 0 aliphatic carbocycles. The molecule has 0 saturated heterocycles. The van der Waals surface area contributed by atoms with Gasteiger partial charge in [-0.3, -0.25) is 4.79 Å². The fourth-order valence-electron chi connectivity index (χ4n) is 3.62. The number of aryl methyl sites for hydroxylation is 1. The molecule has 2 rings (SSSR count). The maximum absolute atomic E-state index is 13.3. The van der Waals surface area contributed by atoms with Crippen LogP contribution in [0.4, 0.5) is 0 Å². The highest BCUT2D eigenvalue weighted by molar-refractivity contribution is 5.89. The maximum Gasteiger partial charge on any atom is 0.297 e. The van der Waals surface area contributed by atoms with Crippen LogP contribution in [0.15, 0.2) is 46.3 Å². The van der Waals surface area contributed by atoms with Gasteiger partial charge >= 0.3 is 0 Å². The molecule has 2 aromatic rings. The molecule has 0 N–H and O–H groups in total. The molecule has 0 aliphatic heterocycles. The molecular formula is C28H41NO4. The van der Waals surface area contributed by atoms with Crippen LogP contribution in [0.25, 0.3) is 10.9 Å². The van der Waals surface area contributed by atoms with Gasteiger partial charge in [0.25, 0.3) is 5.56 Å². The standard InChI is InChI=1S/C28H41NO4/c1-7-9-17-29-25-20-23(32-18-10-8-2)14-15-24(25)26(27(31-6)28(29)30)33-19-16-22(5)13-11-12-21(3)4/h12,14-16,20H,7-11,13,17-19H2,1-6H3/b22-16+. The Hall–Kier alpha value is -2.69. The third-order valence-electron chi connectivity index (χ3n) is 5.61. The maximum atomic E-state index is 13.3. The van der Waals surface area contributed by atoms with E-state index in [1.54, 1.807) is 4.57 Å². The number of hydrogen-bond acceptors (Lipinski definition) is 4. The molecule has 5 heteroatoms. The van der Waals surface area contributed by atoms with Crippen molar-refractivity contribution in [1.29, 1.82) is 0 Å². The van der Waals surface area contributed by atoms with E-state index in [0.717, 1.165) is 55.2 Å². The molecule has 182 valence electrons. The Balaban J connectivity index is 2.41. The van der Waals surface area contributed by atoms with Gasteiger partial charge in [0.05, 0.1) is 19.2 Å². The summed E-state index contributed by atoms with van der Waals surface area (Å²) in [5.41, 5.74) is 3.25. The summed E-state index contributed by atoms with van der Waals surface area (Å²) < 4.78 is 19.4. The van der Waals surface area contributed by atoms with Crippen LogP contribution < -0.4 is 19.8 Å². The molecule has 0 saturated carbocycles. The molecule has 0 atom stereocenters. The van der Waals surface area contributed by atoms with Crippen molar-refractivity contribution in [2.24, 2.45) is 0 Å². The van der Waals surface area contributed by atoms with Gasteiger partial charge in [-0.25, -0.2) is 0 Å². The second-order valence-corrected chi connectivity index (χ2v) is 8.74. The first-order valence-electron chi connectivity index (χ1n) is 12.2. The van der Waals surface area contributed by atoms with Gasteiger partial charge in [-0.05, 0) is 64.7 Å². The van der Waals surface area contributed by atoms with Gasteiger partial charge in [0.2, 0.25) is 5.75 Å². The zero-order valence-corrected chi connectivity index (χ0v) is 21.3. The van der Waals surface area contributed by atoms with Crippen molar-refractivity contribution in [3.8, 4) is 17.2 Å². The summed E-state index contributed by atoms with van der Waals surface area (Å²) in [5.74, 6) is 1.53. The van der Waals surface area contributed by atoms with E-state index in [2.05, 4.69) is 46.8 Å². The van der Waals surface area contributed by atoms with Crippen molar-refractivity contribution in [1.82, 2.24) is 4.57 Å². The minimum absolute atomic E-state index is 0.164. The van der Waals surface area contributed by atoms with Crippen LogP contribution in [0, 0.1) is 0 Å². The van der Waals surface area contributed by atoms with Crippen molar-refractivity contribution >= 4 is 10.9 Å². The molecule has 0 radical (unpaired) electrons. The Kier molecular flexibility index (Phi) is 11.1. The number of fused-ring (bicyclic) bond motifs is 1. The fraction of sp³-hybridized carbons (Fsp3) is 0.536. The normalized spacial score (nSPS) is 11.5. The van der Waals surface area contributed by atoms with Crippen LogP contribution in [0.3, 0.4) is 0 Å². The van der Waals surface area contributed by atoms with Gasteiger partial charge in [0.15, 0.2) is 5.75 Å². The van der Waals surface area contributed by atoms with Crippen LogP contribution in [0.2, 0.25) is 0 Å². The second-order valence-electron chi connectivity index (χ2n) is 8.74. The number of nitrogens with zero attached hydrogens (tertiary/aromatic N) is 1. The van der Waals surface area contributed by atoms with Crippen molar-refractivity contribution in [3.63, 3.8) is 0 Å². The monoisotopic (exact) mass is 455 g/mol. The SMILES string of the molecule is CCCCOc1ccc2c(OC/C=C(\C)CCC=C(C)C)c(OC)c(=O)n(CCCC)c2c1. The third-order valence-corrected chi connectivity index (χ3v) is 5.61. The van der Waals surface area contributed by atoms with Gasteiger partial charge < -0.3 is 18.8 Å². The number of unbranched alkanes of at least 4 members (excludes halogenated alkanes) is 2. The van der Waals surface area contributed by atoms with E-state index < -0.39 is 0 Å². The molecule has 0 bridgehead atoms. The lowest BCUT2D eigenvalue weighted by Gasteiger charge is -2.18. The summed E-state index contributed by atoms with van der Waals surface area (Å²) >= 11 is 0. The summed E-state index contributed by atoms with van der Waals surface area (Å²) in [5, 5.41) is 0.862. The molecular weight excluding hydrogens is 414 g/mol. The van der Waals surface area contributed by atoms with E-state index in [0.29, 0.717) is 25.5 Å². The summed E-state index contributed by atoms with van der Waals surface area (Å²) in [6.45, 7) is 12.3. The van der Waals surface area contributed by atoms with Gasteiger partial charge in [-0.2, -0.15) is 0 Å². The van der Waals surface area contributed by atoms with Crippen LogP contribution in [0.5, 0.6) is 17.2 Å². The second kappa shape index (κ2) is 13.8. The lowest BCUT2D eigenvalue weighted by atomic mass is 10.1. The smallest absolute Gasteiger partial charge is 0.297 e. The third kappa shape index (κ3) is 7.69. The van der Waals surface area contributed by atoms with Crippen LogP contribution in [-0.4, -0.2) is 24.9 Å². The van der Waals surface area contributed by atoms with Crippen LogP contribution >= 0.6 is 0 Å². The Labute approximate surface area is 199 Å². The fourth-order valence-corrected chi connectivity index (χ4v) is 3.62. The summed E-state index contributed by atoms with van der Waals surface area (Å²) in [6.07, 6.45) is 10.3. The summed E-state index contributed by atoms with van der Waals surface area (Å²) in [7, 11) is 1.53. The first-order chi connectivity index (χ1) is 15.9. The first-order valence-corrected chi connectivity index (χ1v) is 12.2. The Morgan fingerprint density at radius 2 is 1.76 bits per heavy atom. The minimum atomic E-state index is -0.164. The molecule has 0 fully saturated rings. The Morgan fingerprint density at radius 3 is 2.42 bits per heavy atom. The molecule has 1 aromatic heterocycles. The Morgan fingerprint density at radius 1 is 1.00 bits per heavy atom. The highest BCUT2D eigenvalue weighted by atomic mass is 16.5. The predicted octanol–water partition coefficient (Wildman–Crippen LogP) is 7.06. The molecule has 0 spiro atoms.